The van der Waals surface area contributed by atoms with Crippen molar-refractivity contribution in [3.8, 4) is 5.75 Å². The van der Waals surface area contributed by atoms with Gasteiger partial charge in [0.15, 0.2) is 0 Å². The highest BCUT2D eigenvalue weighted by Gasteiger charge is 2.21. The van der Waals surface area contributed by atoms with Crippen molar-refractivity contribution in [2.75, 3.05) is 19.5 Å². The number of aromatic nitrogens is 2. The first kappa shape index (κ1) is 17.9. The molecule has 0 fully saturated rings. The second kappa shape index (κ2) is 7.77. The molecule has 2 N–H and O–H groups in total. The Kier molecular flexibility index (Phi) is 6.33. The summed E-state index contributed by atoms with van der Waals surface area (Å²) in [5.41, 5.74) is 0.768. The molecule has 2 rings (SSSR count). The molecule has 0 saturated heterocycles. The summed E-state index contributed by atoms with van der Waals surface area (Å²) in [6.45, 7) is 0. The molecule has 6 nitrogen and oxygen atoms in total. The van der Waals surface area contributed by atoms with Crippen molar-refractivity contribution in [1.82, 2.24) is 15.1 Å². The van der Waals surface area contributed by atoms with Crippen LogP contribution in [0.5, 0.6) is 5.75 Å². The fourth-order valence-electron chi connectivity index (χ4n) is 1.97. The van der Waals surface area contributed by atoms with Gasteiger partial charge < -0.3 is 15.4 Å². The van der Waals surface area contributed by atoms with E-state index in [4.69, 9.17) is 4.74 Å². The van der Waals surface area contributed by atoms with E-state index < -0.39 is 11.9 Å². The van der Waals surface area contributed by atoms with Crippen LogP contribution >= 0.6 is 12.4 Å². The minimum atomic E-state index is -0.621. The average Bonchev–Trinajstić information content (AvgIpc) is 2.88. The average molecular weight is 329 g/mol. The molecule has 1 unspecified atom stereocenters. The molecule has 1 aromatic carbocycles. The molecule has 0 bridgehead atoms. The molecule has 1 atom stereocenters. The Bertz CT molecular complexity index is 648. The number of amides is 1. The van der Waals surface area contributed by atoms with Crippen LogP contribution < -0.4 is 15.4 Å². The number of carbonyl (C=O) groups excluding carboxylic acids is 1. The van der Waals surface area contributed by atoms with Crippen LogP contribution in [-0.4, -0.2) is 29.8 Å². The predicted octanol–water partition coefficient (Wildman–Crippen LogP) is 1.89. The van der Waals surface area contributed by atoms with Gasteiger partial charge in [-0.25, -0.2) is 4.39 Å². The SMILES string of the molecule is CNC(C(=O)Nc1cc(OC)ccc1F)c1cnn(C)c1.Cl. The van der Waals surface area contributed by atoms with Crippen molar-refractivity contribution in [3.63, 3.8) is 0 Å². The lowest BCUT2D eigenvalue weighted by Crippen LogP contribution is -2.30. The van der Waals surface area contributed by atoms with Gasteiger partial charge in [-0.05, 0) is 19.2 Å². The van der Waals surface area contributed by atoms with E-state index in [-0.39, 0.29) is 24.0 Å². The summed E-state index contributed by atoms with van der Waals surface area (Å²) in [7, 11) is 4.89. The van der Waals surface area contributed by atoms with E-state index in [9.17, 15) is 9.18 Å². The molecule has 0 saturated carbocycles. The van der Waals surface area contributed by atoms with E-state index in [1.54, 1.807) is 31.2 Å². The molecule has 0 radical (unpaired) electrons. The molecule has 1 aromatic heterocycles. The number of hydrogen-bond acceptors (Lipinski definition) is 4. The molecule has 1 amide bonds. The molecule has 8 heteroatoms. The third-order valence-corrected chi connectivity index (χ3v) is 3.04. The Labute approximate surface area is 134 Å². The Morgan fingerprint density at radius 1 is 1.45 bits per heavy atom. The number of nitrogens with one attached hydrogen (secondary N) is 2. The number of halogens is 2. The Morgan fingerprint density at radius 3 is 2.73 bits per heavy atom. The van der Waals surface area contributed by atoms with E-state index in [2.05, 4.69) is 15.7 Å². The van der Waals surface area contributed by atoms with Gasteiger partial charge in [0.25, 0.3) is 0 Å². The first-order valence-corrected chi connectivity index (χ1v) is 6.35. The first-order chi connectivity index (χ1) is 10.0. The van der Waals surface area contributed by atoms with Gasteiger partial charge in [0.1, 0.15) is 17.6 Å². The van der Waals surface area contributed by atoms with Crippen LogP contribution in [0.25, 0.3) is 0 Å². The second-order valence-corrected chi connectivity index (χ2v) is 4.50. The third-order valence-electron chi connectivity index (χ3n) is 3.04. The summed E-state index contributed by atoms with van der Waals surface area (Å²) in [4.78, 5) is 12.3. The molecule has 0 aliphatic rings. The van der Waals surface area contributed by atoms with Crippen molar-refractivity contribution in [2.24, 2.45) is 7.05 Å². The zero-order chi connectivity index (χ0) is 15.4. The van der Waals surface area contributed by atoms with Crippen LogP contribution in [-0.2, 0) is 11.8 Å². The number of ether oxygens (including phenoxy) is 1. The fourth-order valence-corrected chi connectivity index (χ4v) is 1.97. The number of hydrogen-bond donors (Lipinski definition) is 2. The molecular weight excluding hydrogens is 311 g/mol. The quantitative estimate of drug-likeness (QED) is 0.879. The maximum atomic E-state index is 13.7. The van der Waals surface area contributed by atoms with Crippen molar-refractivity contribution in [1.29, 1.82) is 0 Å². The summed E-state index contributed by atoms with van der Waals surface area (Å²) in [5.74, 6) is -0.433. The van der Waals surface area contributed by atoms with Crippen molar-refractivity contribution < 1.29 is 13.9 Å². The van der Waals surface area contributed by atoms with E-state index >= 15 is 0 Å². The van der Waals surface area contributed by atoms with Crippen molar-refractivity contribution in [2.45, 2.75) is 6.04 Å². The largest absolute Gasteiger partial charge is 0.497 e. The summed E-state index contributed by atoms with van der Waals surface area (Å²) in [5, 5.41) is 9.45. The number of rotatable bonds is 5. The highest BCUT2D eigenvalue weighted by atomic mass is 35.5. The smallest absolute Gasteiger partial charge is 0.246 e. The van der Waals surface area contributed by atoms with Gasteiger partial charge in [0.05, 0.1) is 19.0 Å². The normalized spacial score (nSPS) is 11.5. The van der Waals surface area contributed by atoms with E-state index in [1.807, 2.05) is 0 Å². The van der Waals surface area contributed by atoms with Crippen LogP contribution in [0.4, 0.5) is 10.1 Å². The fraction of sp³-hybridized carbons (Fsp3) is 0.286. The molecule has 1 heterocycles. The number of likely N-dealkylation sites (N-methyl/N-ethyl adjacent to an activating group) is 1. The molecular formula is C14H18ClFN4O2. The topological polar surface area (TPSA) is 68.2 Å². The maximum Gasteiger partial charge on any atom is 0.246 e. The van der Waals surface area contributed by atoms with Crippen LogP contribution in [0.15, 0.2) is 30.6 Å². The molecule has 0 spiro atoms. The maximum absolute atomic E-state index is 13.7. The number of aryl methyl sites for hydroxylation is 1. The minimum absolute atomic E-state index is 0. The van der Waals surface area contributed by atoms with E-state index in [0.717, 1.165) is 0 Å². The number of nitrogens with zero attached hydrogens (tertiary/aromatic N) is 2. The van der Waals surface area contributed by atoms with Crippen LogP contribution in [0.1, 0.15) is 11.6 Å². The predicted molar refractivity (Wildman–Crippen MR) is 83.8 cm³/mol. The standard InChI is InChI=1S/C14H17FN4O2.ClH/c1-16-13(9-7-17-19(2)8-9)14(20)18-12-6-10(21-3)4-5-11(12)15;/h4-8,13,16H,1-3H3,(H,18,20);1H. The Hall–Kier alpha value is -2.12. The van der Waals surface area contributed by atoms with Crippen LogP contribution in [0, 0.1) is 5.82 Å². The second-order valence-electron chi connectivity index (χ2n) is 4.50. The lowest BCUT2D eigenvalue weighted by atomic mass is 10.1. The Balaban J connectivity index is 0.00000242. The van der Waals surface area contributed by atoms with Gasteiger partial charge in [0, 0.05) is 24.9 Å². The summed E-state index contributed by atoms with van der Waals surface area (Å²) < 4.78 is 20.3. The van der Waals surface area contributed by atoms with Crippen molar-refractivity contribution in [3.05, 3.63) is 42.0 Å². The Morgan fingerprint density at radius 2 is 2.18 bits per heavy atom. The van der Waals surface area contributed by atoms with Crippen LogP contribution in [0.2, 0.25) is 0 Å². The minimum Gasteiger partial charge on any atom is -0.497 e. The van der Waals surface area contributed by atoms with Gasteiger partial charge in [-0.2, -0.15) is 5.10 Å². The summed E-state index contributed by atoms with van der Waals surface area (Å²) in [6.07, 6.45) is 3.31. The highest BCUT2D eigenvalue weighted by molar-refractivity contribution is 5.95. The lowest BCUT2D eigenvalue weighted by Gasteiger charge is -2.15. The monoisotopic (exact) mass is 328 g/mol. The van der Waals surface area contributed by atoms with Gasteiger partial charge >= 0.3 is 0 Å². The molecule has 0 aliphatic heterocycles. The zero-order valence-corrected chi connectivity index (χ0v) is 13.3. The summed E-state index contributed by atoms with van der Waals surface area (Å²) in [6, 6.07) is 3.54. The molecule has 22 heavy (non-hydrogen) atoms. The number of methoxy groups -OCH3 is 1. The van der Waals surface area contributed by atoms with E-state index in [1.165, 1.54) is 25.3 Å². The first-order valence-electron chi connectivity index (χ1n) is 6.35. The van der Waals surface area contributed by atoms with Crippen LogP contribution in [0.3, 0.4) is 0 Å². The molecule has 0 aliphatic carbocycles. The van der Waals surface area contributed by atoms with Gasteiger partial charge in [-0.3, -0.25) is 9.48 Å². The number of carbonyl (C=O) groups is 1. The zero-order valence-electron chi connectivity index (χ0n) is 12.5. The summed E-state index contributed by atoms with van der Waals surface area (Å²) >= 11 is 0. The van der Waals surface area contributed by atoms with Crippen molar-refractivity contribution >= 4 is 24.0 Å². The molecule has 2 aromatic rings. The molecule has 120 valence electrons. The number of anilines is 1. The van der Waals surface area contributed by atoms with Gasteiger partial charge in [0.2, 0.25) is 5.91 Å². The van der Waals surface area contributed by atoms with Gasteiger partial charge in [-0.1, -0.05) is 0 Å². The highest BCUT2D eigenvalue weighted by Crippen LogP contribution is 2.22. The third kappa shape index (κ3) is 3.96. The van der Waals surface area contributed by atoms with E-state index in [0.29, 0.717) is 11.3 Å². The van der Waals surface area contributed by atoms with Gasteiger partial charge in [-0.15, -0.1) is 12.4 Å². The lowest BCUT2D eigenvalue weighted by molar-refractivity contribution is -0.118. The number of benzene rings is 1.